The Balaban J connectivity index is 1.76. The first-order valence-corrected chi connectivity index (χ1v) is 5.40. The van der Waals surface area contributed by atoms with E-state index in [0.717, 1.165) is 25.9 Å². The van der Waals surface area contributed by atoms with Crippen LogP contribution in [0.4, 0.5) is 4.79 Å². The molecule has 0 aromatic rings. The number of carbonyl (C=O) groups is 1. The Labute approximate surface area is 89.3 Å². The standard InChI is InChI=1S/C10H17NO4/c1-11-6-8(7-14-10(11)12)15-9-4-2-3-5-13-9/h8-9H,2-7H2,1H3. The van der Waals surface area contributed by atoms with Crippen LogP contribution in [0, 0.1) is 0 Å². The number of amides is 1. The largest absolute Gasteiger partial charge is 0.447 e. The van der Waals surface area contributed by atoms with E-state index in [1.807, 2.05) is 0 Å². The maximum atomic E-state index is 11.0. The van der Waals surface area contributed by atoms with Crippen LogP contribution in [-0.4, -0.2) is 50.2 Å². The molecule has 0 aliphatic carbocycles. The molecule has 2 aliphatic rings. The van der Waals surface area contributed by atoms with Gasteiger partial charge in [-0.25, -0.2) is 4.79 Å². The van der Waals surface area contributed by atoms with E-state index in [1.54, 1.807) is 7.05 Å². The highest BCUT2D eigenvalue weighted by Gasteiger charge is 2.28. The third-order valence-corrected chi connectivity index (χ3v) is 2.66. The molecule has 5 nitrogen and oxygen atoms in total. The zero-order chi connectivity index (χ0) is 10.7. The fourth-order valence-corrected chi connectivity index (χ4v) is 1.82. The number of hydrogen-bond acceptors (Lipinski definition) is 4. The lowest BCUT2D eigenvalue weighted by Gasteiger charge is -2.33. The van der Waals surface area contributed by atoms with Crippen molar-refractivity contribution in [3.63, 3.8) is 0 Å². The first kappa shape index (κ1) is 10.7. The highest BCUT2D eigenvalue weighted by atomic mass is 16.7. The van der Waals surface area contributed by atoms with E-state index >= 15 is 0 Å². The summed E-state index contributed by atoms with van der Waals surface area (Å²) >= 11 is 0. The topological polar surface area (TPSA) is 48.0 Å². The summed E-state index contributed by atoms with van der Waals surface area (Å²) in [6.45, 7) is 1.69. The molecule has 2 rings (SSSR count). The summed E-state index contributed by atoms with van der Waals surface area (Å²) in [5.74, 6) is 0. The molecule has 2 unspecified atom stereocenters. The van der Waals surface area contributed by atoms with E-state index in [-0.39, 0.29) is 18.5 Å². The lowest BCUT2D eigenvalue weighted by atomic mass is 10.2. The summed E-state index contributed by atoms with van der Waals surface area (Å²) in [5.41, 5.74) is 0. The summed E-state index contributed by atoms with van der Waals surface area (Å²) in [6.07, 6.45) is 2.74. The number of ether oxygens (including phenoxy) is 3. The molecule has 0 N–H and O–H groups in total. The van der Waals surface area contributed by atoms with Crippen molar-refractivity contribution in [2.45, 2.75) is 31.7 Å². The third-order valence-electron chi connectivity index (χ3n) is 2.66. The quantitative estimate of drug-likeness (QED) is 0.689. The van der Waals surface area contributed by atoms with Crippen LogP contribution in [0.5, 0.6) is 0 Å². The average molecular weight is 215 g/mol. The molecular formula is C10H17NO4. The molecule has 2 atom stereocenters. The summed E-state index contributed by atoms with van der Waals surface area (Å²) in [4.78, 5) is 12.6. The molecule has 0 radical (unpaired) electrons. The van der Waals surface area contributed by atoms with Crippen molar-refractivity contribution < 1.29 is 19.0 Å². The molecule has 2 aliphatic heterocycles. The van der Waals surface area contributed by atoms with Crippen LogP contribution in [0.1, 0.15) is 19.3 Å². The summed E-state index contributed by atoms with van der Waals surface area (Å²) in [6, 6.07) is 0. The van der Waals surface area contributed by atoms with Gasteiger partial charge in [-0.3, -0.25) is 0 Å². The van der Waals surface area contributed by atoms with Crippen molar-refractivity contribution in [3.8, 4) is 0 Å². The van der Waals surface area contributed by atoms with E-state index in [1.165, 1.54) is 4.90 Å². The van der Waals surface area contributed by atoms with Gasteiger partial charge in [0.2, 0.25) is 0 Å². The van der Waals surface area contributed by atoms with Gasteiger partial charge in [0.05, 0.1) is 6.54 Å². The molecule has 2 heterocycles. The second-order valence-electron chi connectivity index (χ2n) is 4.01. The summed E-state index contributed by atoms with van der Waals surface area (Å²) < 4.78 is 16.1. The molecule has 5 heteroatoms. The van der Waals surface area contributed by atoms with E-state index in [9.17, 15) is 4.79 Å². The predicted molar refractivity (Wildman–Crippen MR) is 52.4 cm³/mol. The number of likely N-dealkylation sites (N-methyl/N-ethyl adjacent to an activating group) is 1. The second-order valence-corrected chi connectivity index (χ2v) is 4.01. The Hall–Kier alpha value is -0.810. The number of cyclic esters (lactones) is 1. The SMILES string of the molecule is CN1CC(OC2CCCCO2)COC1=O. The number of carbonyl (C=O) groups excluding carboxylic acids is 1. The van der Waals surface area contributed by atoms with Gasteiger partial charge >= 0.3 is 6.09 Å². The van der Waals surface area contributed by atoms with Gasteiger partial charge in [0.25, 0.3) is 0 Å². The zero-order valence-corrected chi connectivity index (χ0v) is 8.98. The minimum atomic E-state index is -0.278. The van der Waals surface area contributed by atoms with Crippen LogP contribution in [-0.2, 0) is 14.2 Å². The Bertz CT molecular complexity index is 227. The maximum Gasteiger partial charge on any atom is 0.409 e. The minimum Gasteiger partial charge on any atom is -0.447 e. The van der Waals surface area contributed by atoms with Gasteiger partial charge in [-0.05, 0) is 19.3 Å². The molecule has 0 bridgehead atoms. The molecule has 0 aromatic carbocycles. The minimum absolute atomic E-state index is 0.0594. The number of rotatable bonds is 2. The van der Waals surface area contributed by atoms with Crippen molar-refractivity contribution in [1.29, 1.82) is 0 Å². The predicted octanol–water partition coefficient (Wildman–Crippen LogP) is 0.980. The zero-order valence-electron chi connectivity index (χ0n) is 8.98. The lowest BCUT2D eigenvalue weighted by Crippen LogP contribution is -2.46. The Morgan fingerprint density at radius 1 is 1.47 bits per heavy atom. The molecule has 86 valence electrons. The molecule has 2 fully saturated rings. The van der Waals surface area contributed by atoms with Gasteiger partial charge in [0.1, 0.15) is 12.7 Å². The Morgan fingerprint density at radius 2 is 2.33 bits per heavy atom. The third kappa shape index (κ3) is 2.82. The van der Waals surface area contributed by atoms with Crippen LogP contribution in [0.3, 0.4) is 0 Å². The van der Waals surface area contributed by atoms with Crippen LogP contribution in [0.25, 0.3) is 0 Å². The lowest BCUT2D eigenvalue weighted by molar-refractivity contribution is -0.202. The fourth-order valence-electron chi connectivity index (χ4n) is 1.82. The molecule has 0 spiro atoms. The van der Waals surface area contributed by atoms with Gasteiger partial charge in [0.15, 0.2) is 6.29 Å². The molecule has 15 heavy (non-hydrogen) atoms. The van der Waals surface area contributed by atoms with Crippen LogP contribution >= 0.6 is 0 Å². The van der Waals surface area contributed by atoms with Crippen molar-refractivity contribution >= 4 is 6.09 Å². The fraction of sp³-hybridized carbons (Fsp3) is 0.900. The van der Waals surface area contributed by atoms with Crippen molar-refractivity contribution in [3.05, 3.63) is 0 Å². The highest BCUT2D eigenvalue weighted by molar-refractivity contribution is 5.67. The van der Waals surface area contributed by atoms with E-state index in [4.69, 9.17) is 14.2 Å². The molecule has 1 amide bonds. The van der Waals surface area contributed by atoms with Crippen LogP contribution in [0.15, 0.2) is 0 Å². The average Bonchev–Trinajstić information content (AvgIpc) is 2.25. The number of nitrogens with zero attached hydrogens (tertiary/aromatic N) is 1. The van der Waals surface area contributed by atoms with Crippen molar-refractivity contribution in [1.82, 2.24) is 4.90 Å². The van der Waals surface area contributed by atoms with Gasteiger partial charge in [-0.15, -0.1) is 0 Å². The first-order valence-electron chi connectivity index (χ1n) is 5.40. The van der Waals surface area contributed by atoms with Crippen LogP contribution in [0.2, 0.25) is 0 Å². The second kappa shape index (κ2) is 4.81. The first-order chi connectivity index (χ1) is 7.25. The van der Waals surface area contributed by atoms with E-state index in [0.29, 0.717) is 13.2 Å². The summed E-state index contributed by atoms with van der Waals surface area (Å²) in [7, 11) is 1.71. The van der Waals surface area contributed by atoms with Gasteiger partial charge < -0.3 is 19.1 Å². The smallest absolute Gasteiger partial charge is 0.409 e. The van der Waals surface area contributed by atoms with E-state index in [2.05, 4.69) is 0 Å². The van der Waals surface area contributed by atoms with E-state index < -0.39 is 0 Å². The molecule has 2 saturated heterocycles. The molecule has 0 aromatic heterocycles. The van der Waals surface area contributed by atoms with Crippen molar-refractivity contribution in [2.75, 3.05) is 26.8 Å². The Kier molecular flexibility index (Phi) is 3.43. The number of hydrogen-bond donors (Lipinski definition) is 0. The van der Waals surface area contributed by atoms with Crippen LogP contribution < -0.4 is 0 Å². The maximum absolute atomic E-state index is 11.0. The Morgan fingerprint density at radius 3 is 3.00 bits per heavy atom. The highest BCUT2D eigenvalue weighted by Crippen LogP contribution is 2.17. The summed E-state index contributed by atoms with van der Waals surface area (Å²) in [5, 5.41) is 0. The normalized spacial score (nSPS) is 32.6. The monoisotopic (exact) mass is 215 g/mol. The van der Waals surface area contributed by atoms with Gasteiger partial charge in [-0.1, -0.05) is 0 Å². The van der Waals surface area contributed by atoms with Gasteiger partial charge in [-0.2, -0.15) is 0 Å². The van der Waals surface area contributed by atoms with Crippen molar-refractivity contribution in [2.24, 2.45) is 0 Å². The van der Waals surface area contributed by atoms with Gasteiger partial charge in [0, 0.05) is 13.7 Å². The molecule has 0 saturated carbocycles. The molecular weight excluding hydrogens is 198 g/mol.